The molecular formula is C12H21NO3S. The maximum Gasteiger partial charge on any atom is 0.306 e. The number of hydrogen-bond acceptors (Lipinski definition) is 3. The summed E-state index contributed by atoms with van der Waals surface area (Å²) in [5, 5.41) is 11.5. The highest BCUT2D eigenvalue weighted by molar-refractivity contribution is 7.99. The number of nitrogens with one attached hydrogen (secondary N) is 1. The van der Waals surface area contributed by atoms with Gasteiger partial charge in [0.2, 0.25) is 5.91 Å². The first-order valence-corrected chi connectivity index (χ1v) is 7.32. The predicted molar refractivity (Wildman–Crippen MR) is 69.1 cm³/mol. The topological polar surface area (TPSA) is 66.4 Å². The molecule has 0 aliphatic carbocycles. The number of carbonyl (C=O) groups excluding carboxylic acids is 1. The molecule has 17 heavy (non-hydrogen) atoms. The Balaban J connectivity index is 2.10. The number of rotatable bonds is 6. The molecule has 0 aromatic carbocycles. The van der Waals surface area contributed by atoms with Crippen molar-refractivity contribution >= 4 is 23.6 Å². The Morgan fingerprint density at radius 3 is 2.65 bits per heavy atom. The lowest BCUT2D eigenvalue weighted by Crippen LogP contribution is -2.29. The van der Waals surface area contributed by atoms with Gasteiger partial charge in [0, 0.05) is 13.0 Å². The standard InChI is InChI=1S/C12H21NO3S/c1-9(12(15)16)2-5-13-11(14)8-10-3-6-17-7-4-10/h9-10H,2-8H2,1H3,(H,13,14)(H,15,16). The third kappa shape index (κ3) is 5.96. The van der Waals surface area contributed by atoms with Crippen LogP contribution < -0.4 is 5.32 Å². The summed E-state index contributed by atoms with van der Waals surface area (Å²) in [6.45, 7) is 2.13. The number of carboxylic acids is 1. The minimum absolute atomic E-state index is 0.0690. The molecule has 0 aromatic heterocycles. The lowest BCUT2D eigenvalue weighted by atomic mass is 9.98. The van der Waals surface area contributed by atoms with Crippen LogP contribution in [-0.2, 0) is 9.59 Å². The minimum Gasteiger partial charge on any atom is -0.481 e. The number of thioether (sulfide) groups is 1. The van der Waals surface area contributed by atoms with Gasteiger partial charge in [0.1, 0.15) is 0 Å². The Hall–Kier alpha value is -0.710. The molecule has 1 amide bonds. The van der Waals surface area contributed by atoms with E-state index in [4.69, 9.17) is 5.11 Å². The van der Waals surface area contributed by atoms with E-state index in [0.717, 1.165) is 24.3 Å². The van der Waals surface area contributed by atoms with Crippen molar-refractivity contribution in [3.8, 4) is 0 Å². The largest absolute Gasteiger partial charge is 0.481 e. The van der Waals surface area contributed by atoms with Crippen LogP contribution in [0.3, 0.4) is 0 Å². The molecular weight excluding hydrogens is 238 g/mol. The minimum atomic E-state index is -0.802. The quantitative estimate of drug-likeness (QED) is 0.762. The predicted octanol–water partition coefficient (Wildman–Crippen LogP) is 1.75. The fourth-order valence-corrected chi connectivity index (χ4v) is 3.04. The summed E-state index contributed by atoms with van der Waals surface area (Å²) in [4.78, 5) is 22.2. The zero-order valence-corrected chi connectivity index (χ0v) is 11.1. The third-order valence-corrected chi connectivity index (χ3v) is 4.18. The Morgan fingerprint density at radius 1 is 1.41 bits per heavy atom. The highest BCUT2D eigenvalue weighted by Gasteiger charge is 2.17. The molecule has 98 valence electrons. The zero-order valence-electron chi connectivity index (χ0n) is 10.3. The van der Waals surface area contributed by atoms with E-state index in [0.29, 0.717) is 25.3 Å². The first kappa shape index (κ1) is 14.4. The molecule has 1 heterocycles. The van der Waals surface area contributed by atoms with Gasteiger partial charge in [-0.25, -0.2) is 0 Å². The van der Waals surface area contributed by atoms with E-state index in [1.165, 1.54) is 0 Å². The second-order valence-electron chi connectivity index (χ2n) is 4.64. The molecule has 4 nitrogen and oxygen atoms in total. The van der Waals surface area contributed by atoms with E-state index in [-0.39, 0.29) is 11.8 Å². The number of aliphatic carboxylic acids is 1. The number of amides is 1. The van der Waals surface area contributed by atoms with Crippen LogP contribution in [0.1, 0.15) is 32.6 Å². The second kappa shape index (κ2) is 7.58. The summed E-state index contributed by atoms with van der Waals surface area (Å²) >= 11 is 1.95. The smallest absolute Gasteiger partial charge is 0.306 e. The van der Waals surface area contributed by atoms with Crippen LogP contribution in [0.4, 0.5) is 0 Å². The summed E-state index contributed by atoms with van der Waals surface area (Å²) in [5.74, 6) is 1.72. The first-order valence-electron chi connectivity index (χ1n) is 6.17. The summed E-state index contributed by atoms with van der Waals surface area (Å²) in [6, 6.07) is 0. The van der Waals surface area contributed by atoms with Gasteiger partial charge in [0.05, 0.1) is 5.92 Å². The van der Waals surface area contributed by atoms with Crippen LogP contribution in [-0.4, -0.2) is 35.0 Å². The zero-order chi connectivity index (χ0) is 12.7. The van der Waals surface area contributed by atoms with Crippen molar-refractivity contribution in [3.05, 3.63) is 0 Å². The maximum absolute atomic E-state index is 11.6. The Morgan fingerprint density at radius 2 is 2.06 bits per heavy atom. The molecule has 0 spiro atoms. The third-order valence-electron chi connectivity index (χ3n) is 3.14. The van der Waals surface area contributed by atoms with E-state index in [9.17, 15) is 9.59 Å². The first-order chi connectivity index (χ1) is 8.09. The van der Waals surface area contributed by atoms with Crippen molar-refractivity contribution in [1.82, 2.24) is 5.32 Å². The van der Waals surface area contributed by atoms with Gasteiger partial charge in [-0.3, -0.25) is 9.59 Å². The monoisotopic (exact) mass is 259 g/mol. The lowest BCUT2D eigenvalue weighted by molar-refractivity contribution is -0.141. The number of carboxylic acid groups (broad SMARTS) is 1. The molecule has 1 saturated heterocycles. The maximum atomic E-state index is 11.6. The molecule has 0 bridgehead atoms. The number of hydrogen-bond donors (Lipinski definition) is 2. The molecule has 1 rings (SSSR count). The average molecular weight is 259 g/mol. The second-order valence-corrected chi connectivity index (χ2v) is 5.86. The van der Waals surface area contributed by atoms with Crippen LogP contribution in [0, 0.1) is 11.8 Å². The van der Waals surface area contributed by atoms with Gasteiger partial charge in [-0.15, -0.1) is 0 Å². The van der Waals surface area contributed by atoms with Gasteiger partial charge >= 0.3 is 5.97 Å². The Bertz CT molecular complexity index is 264. The van der Waals surface area contributed by atoms with Crippen molar-refractivity contribution < 1.29 is 14.7 Å². The van der Waals surface area contributed by atoms with Crippen LogP contribution in [0.5, 0.6) is 0 Å². The van der Waals surface area contributed by atoms with Crippen molar-refractivity contribution in [2.75, 3.05) is 18.1 Å². The molecule has 0 saturated carbocycles. The van der Waals surface area contributed by atoms with Gasteiger partial charge in [-0.1, -0.05) is 6.92 Å². The molecule has 1 aliphatic rings. The van der Waals surface area contributed by atoms with Crippen molar-refractivity contribution in [2.45, 2.75) is 32.6 Å². The Labute approximate surface area is 107 Å². The molecule has 5 heteroatoms. The number of carbonyl (C=O) groups is 2. The highest BCUT2D eigenvalue weighted by Crippen LogP contribution is 2.24. The Kier molecular flexibility index (Phi) is 6.40. The fourth-order valence-electron chi connectivity index (χ4n) is 1.84. The van der Waals surface area contributed by atoms with Crippen molar-refractivity contribution in [3.63, 3.8) is 0 Å². The van der Waals surface area contributed by atoms with Crippen LogP contribution >= 0.6 is 11.8 Å². The van der Waals surface area contributed by atoms with Gasteiger partial charge in [-0.2, -0.15) is 11.8 Å². The highest BCUT2D eigenvalue weighted by atomic mass is 32.2. The van der Waals surface area contributed by atoms with E-state index in [2.05, 4.69) is 5.32 Å². The molecule has 0 aromatic rings. The molecule has 0 radical (unpaired) electrons. The summed E-state index contributed by atoms with van der Waals surface area (Å²) in [7, 11) is 0. The normalized spacial score (nSPS) is 18.6. The lowest BCUT2D eigenvalue weighted by Gasteiger charge is -2.20. The molecule has 2 N–H and O–H groups in total. The molecule has 1 unspecified atom stereocenters. The van der Waals surface area contributed by atoms with Crippen LogP contribution in [0.25, 0.3) is 0 Å². The van der Waals surface area contributed by atoms with Gasteiger partial charge < -0.3 is 10.4 Å². The van der Waals surface area contributed by atoms with Crippen LogP contribution in [0.15, 0.2) is 0 Å². The fraction of sp³-hybridized carbons (Fsp3) is 0.833. The summed E-state index contributed by atoms with van der Waals surface area (Å²) < 4.78 is 0. The SMILES string of the molecule is CC(CCNC(=O)CC1CCSCC1)C(=O)O. The van der Waals surface area contributed by atoms with E-state index >= 15 is 0 Å². The van der Waals surface area contributed by atoms with E-state index in [1.54, 1.807) is 6.92 Å². The summed E-state index contributed by atoms with van der Waals surface area (Å²) in [6.07, 6.45) is 3.36. The van der Waals surface area contributed by atoms with E-state index < -0.39 is 5.97 Å². The van der Waals surface area contributed by atoms with Crippen LogP contribution in [0.2, 0.25) is 0 Å². The van der Waals surface area contributed by atoms with E-state index in [1.807, 2.05) is 11.8 Å². The van der Waals surface area contributed by atoms with Gasteiger partial charge in [0.15, 0.2) is 0 Å². The average Bonchev–Trinajstić information content (AvgIpc) is 2.30. The molecule has 1 fully saturated rings. The van der Waals surface area contributed by atoms with Gasteiger partial charge in [-0.05, 0) is 36.7 Å². The molecule has 1 aliphatic heterocycles. The summed E-state index contributed by atoms with van der Waals surface area (Å²) in [5.41, 5.74) is 0. The van der Waals surface area contributed by atoms with Crippen molar-refractivity contribution in [2.24, 2.45) is 11.8 Å². The van der Waals surface area contributed by atoms with Crippen molar-refractivity contribution in [1.29, 1.82) is 0 Å². The van der Waals surface area contributed by atoms with Gasteiger partial charge in [0.25, 0.3) is 0 Å². The molecule has 1 atom stereocenters.